The van der Waals surface area contributed by atoms with Gasteiger partial charge in [-0.3, -0.25) is 4.79 Å². The Hall–Kier alpha value is -3.41. The third-order valence-electron chi connectivity index (χ3n) is 4.21. The van der Waals surface area contributed by atoms with Crippen molar-refractivity contribution in [3.8, 4) is 0 Å². The summed E-state index contributed by atoms with van der Waals surface area (Å²) in [5.74, 6) is -1.90. The molecule has 4 nitrogen and oxygen atoms in total. The van der Waals surface area contributed by atoms with E-state index in [4.69, 9.17) is 0 Å². The molecule has 0 radical (unpaired) electrons. The predicted octanol–water partition coefficient (Wildman–Crippen LogP) is 4.40. The largest absolute Gasteiger partial charge is 0.381 e. The summed E-state index contributed by atoms with van der Waals surface area (Å²) in [5, 5.41) is 6.00. The van der Waals surface area contributed by atoms with E-state index in [1.807, 2.05) is 30.3 Å². The molecule has 0 saturated heterocycles. The Balaban J connectivity index is 1.58. The number of aromatic nitrogens is 1. The minimum Gasteiger partial charge on any atom is -0.381 e. The lowest BCUT2D eigenvalue weighted by Crippen LogP contribution is -2.03. The maximum absolute atomic E-state index is 13.3. The molecule has 0 fully saturated rings. The number of anilines is 2. The highest BCUT2D eigenvalue weighted by molar-refractivity contribution is 6.35. The molecule has 1 amide bonds. The molecule has 0 spiro atoms. The summed E-state index contributed by atoms with van der Waals surface area (Å²) in [7, 11) is 0. The SMILES string of the molecule is O=C1Nc2ccc(NCc3ccc(F)c(F)c3)cc2/C1=C/c1ccc[nH]1. The zero-order chi connectivity index (χ0) is 18.1. The van der Waals surface area contributed by atoms with Crippen LogP contribution < -0.4 is 10.6 Å². The highest BCUT2D eigenvalue weighted by Gasteiger charge is 2.24. The van der Waals surface area contributed by atoms with E-state index in [0.29, 0.717) is 17.7 Å². The van der Waals surface area contributed by atoms with Gasteiger partial charge in [0.1, 0.15) is 0 Å². The number of H-pyrrole nitrogens is 1. The lowest BCUT2D eigenvalue weighted by molar-refractivity contribution is -0.110. The van der Waals surface area contributed by atoms with E-state index in [9.17, 15) is 13.6 Å². The monoisotopic (exact) mass is 351 g/mol. The first-order valence-electron chi connectivity index (χ1n) is 8.09. The molecule has 0 aliphatic carbocycles. The summed E-state index contributed by atoms with van der Waals surface area (Å²) >= 11 is 0. The van der Waals surface area contributed by atoms with Crippen molar-refractivity contribution in [1.29, 1.82) is 0 Å². The van der Waals surface area contributed by atoms with Gasteiger partial charge in [0.05, 0.1) is 5.57 Å². The van der Waals surface area contributed by atoms with Crippen molar-refractivity contribution in [2.24, 2.45) is 0 Å². The Morgan fingerprint density at radius 2 is 1.92 bits per heavy atom. The van der Waals surface area contributed by atoms with Gasteiger partial charge in [-0.2, -0.15) is 0 Å². The smallest absolute Gasteiger partial charge is 0.256 e. The van der Waals surface area contributed by atoms with E-state index in [-0.39, 0.29) is 5.91 Å². The summed E-state index contributed by atoms with van der Waals surface area (Å²) in [4.78, 5) is 15.3. The number of carbonyl (C=O) groups excluding carboxylic acids is 1. The van der Waals surface area contributed by atoms with Crippen molar-refractivity contribution in [2.45, 2.75) is 6.54 Å². The average Bonchev–Trinajstić information content (AvgIpc) is 3.25. The van der Waals surface area contributed by atoms with Gasteiger partial charge >= 0.3 is 0 Å². The van der Waals surface area contributed by atoms with Gasteiger partial charge < -0.3 is 15.6 Å². The highest BCUT2D eigenvalue weighted by atomic mass is 19.2. The number of benzene rings is 2. The third-order valence-corrected chi connectivity index (χ3v) is 4.21. The summed E-state index contributed by atoms with van der Waals surface area (Å²) < 4.78 is 26.3. The Bertz CT molecular complexity index is 1010. The maximum Gasteiger partial charge on any atom is 0.256 e. The molecule has 1 aromatic heterocycles. The number of aromatic amines is 1. The minimum absolute atomic E-state index is 0.160. The second kappa shape index (κ2) is 6.48. The van der Waals surface area contributed by atoms with Gasteiger partial charge in [0.25, 0.3) is 5.91 Å². The van der Waals surface area contributed by atoms with Crippen LogP contribution in [0.2, 0.25) is 0 Å². The van der Waals surface area contributed by atoms with Crippen LogP contribution in [0.15, 0.2) is 54.7 Å². The number of amides is 1. The summed E-state index contributed by atoms with van der Waals surface area (Å²) in [6.07, 6.45) is 3.58. The van der Waals surface area contributed by atoms with E-state index in [2.05, 4.69) is 15.6 Å². The molecule has 0 unspecified atom stereocenters. The lowest BCUT2D eigenvalue weighted by Gasteiger charge is -2.09. The Kier molecular flexibility index (Phi) is 4.01. The Morgan fingerprint density at radius 1 is 1.04 bits per heavy atom. The summed E-state index contributed by atoms with van der Waals surface area (Å²) in [6, 6.07) is 13.0. The Labute approximate surface area is 148 Å². The fourth-order valence-corrected chi connectivity index (χ4v) is 2.88. The first-order valence-corrected chi connectivity index (χ1v) is 8.09. The van der Waals surface area contributed by atoms with E-state index in [1.165, 1.54) is 6.07 Å². The van der Waals surface area contributed by atoms with Crippen LogP contribution in [0.5, 0.6) is 0 Å². The predicted molar refractivity (Wildman–Crippen MR) is 97.4 cm³/mol. The van der Waals surface area contributed by atoms with E-state index < -0.39 is 11.6 Å². The maximum atomic E-state index is 13.3. The number of rotatable bonds is 4. The highest BCUT2D eigenvalue weighted by Crippen LogP contribution is 2.35. The molecule has 3 N–H and O–H groups in total. The van der Waals surface area contributed by atoms with Crippen LogP contribution in [0.25, 0.3) is 11.6 Å². The number of hydrogen-bond acceptors (Lipinski definition) is 2. The molecule has 0 atom stereocenters. The van der Waals surface area contributed by atoms with Crippen LogP contribution in [-0.4, -0.2) is 10.9 Å². The lowest BCUT2D eigenvalue weighted by atomic mass is 10.1. The quantitative estimate of drug-likeness (QED) is 0.610. The second-order valence-corrected chi connectivity index (χ2v) is 6.00. The van der Waals surface area contributed by atoms with Crippen LogP contribution in [0.3, 0.4) is 0 Å². The number of halogens is 2. The summed E-state index contributed by atoms with van der Waals surface area (Å²) in [6.45, 7) is 0.340. The number of nitrogens with one attached hydrogen (secondary N) is 3. The van der Waals surface area contributed by atoms with E-state index in [1.54, 1.807) is 12.3 Å². The van der Waals surface area contributed by atoms with Gasteiger partial charge in [-0.25, -0.2) is 8.78 Å². The molecule has 130 valence electrons. The molecular weight excluding hydrogens is 336 g/mol. The zero-order valence-electron chi connectivity index (χ0n) is 13.6. The van der Waals surface area contributed by atoms with Crippen LogP contribution in [0.1, 0.15) is 16.8 Å². The number of hydrogen-bond donors (Lipinski definition) is 3. The first-order chi connectivity index (χ1) is 12.6. The molecule has 0 saturated carbocycles. The van der Waals surface area contributed by atoms with Crippen molar-refractivity contribution in [1.82, 2.24) is 4.98 Å². The molecule has 2 aromatic carbocycles. The molecule has 26 heavy (non-hydrogen) atoms. The normalized spacial score (nSPS) is 14.4. The van der Waals surface area contributed by atoms with Gasteiger partial charge in [-0.05, 0) is 54.1 Å². The molecule has 1 aliphatic rings. The van der Waals surface area contributed by atoms with Crippen LogP contribution >= 0.6 is 0 Å². The second-order valence-electron chi connectivity index (χ2n) is 6.00. The molecular formula is C20H15F2N3O. The van der Waals surface area contributed by atoms with Crippen LogP contribution in [-0.2, 0) is 11.3 Å². The fraction of sp³-hybridized carbons (Fsp3) is 0.0500. The average molecular weight is 351 g/mol. The van der Waals surface area contributed by atoms with Gasteiger partial charge in [0.15, 0.2) is 11.6 Å². The van der Waals surface area contributed by atoms with Crippen molar-refractivity contribution in [3.63, 3.8) is 0 Å². The Morgan fingerprint density at radius 3 is 2.69 bits per heavy atom. The van der Waals surface area contributed by atoms with Crippen molar-refractivity contribution >= 4 is 28.9 Å². The van der Waals surface area contributed by atoms with Crippen molar-refractivity contribution in [2.75, 3.05) is 10.6 Å². The fourth-order valence-electron chi connectivity index (χ4n) is 2.88. The first kappa shape index (κ1) is 16.1. The number of carbonyl (C=O) groups is 1. The van der Waals surface area contributed by atoms with Crippen molar-refractivity contribution in [3.05, 3.63) is 83.2 Å². The molecule has 2 heterocycles. The van der Waals surface area contributed by atoms with E-state index >= 15 is 0 Å². The van der Waals surface area contributed by atoms with Gasteiger partial charge in [-0.1, -0.05) is 6.07 Å². The molecule has 0 bridgehead atoms. The van der Waals surface area contributed by atoms with E-state index in [0.717, 1.165) is 34.8 Å². The standard InChI is InChI=1S/C20H15F2N3O/c21-17-5-3-12(8-18(17)22)11-24-14-4-6-19-15(9-14)16(20(26)25-19)10-13-2-1-7-23-13/h1-10,23-24H,11H2,(H,25,26)/b16-10-. The minimum atomic E-state index is -0.871. The van der Waals surface area contributed by atoms with Gasteiger partial charge in [0.2, 0.25) is 0 Å². The third kappa shape index (κ3) is 3.09. The van der Waals surface area contributed by atoms with Crippen LogP contribution in [0, 0.1) is 11.6 Å². The van der Waals surface area contributed by atoms with Crippen molar-refractivity contribution < 1.29 is 13.6 Å². The zero-order valence-corrected chi connectivity index (χ0v) is 13.6. The molecule has 4 rings (SSSR count). The topological polar surface area (TPSA) is 56.9 Å². The molecule has 6 heteroatoms. The summed E-state index contributed by atoms with van der Waals surface area (Å²) in [5.41, 5.74) is 4.34. The van der Waals surface area contributed by atoms with Gasteiger partial charge in [-0.15, -0.1) is 0 Å². The molecule has 1 aliphatic heterocycles. The number of fused-ring (bicyclic) bond motifs is 1. The molecule has 3 aromatic rings. The van der Waals surface area contributed by atoms with Crippen LogP contribution in [0.4, 0.5) is 20.2 Å². The van der Waals surface area contributed by atoms with Gasteiger partial charge in [0, 0.05) is 35.4 Å².